The quantitative estimate of drug-likeness (QED) is 0.0597. The number of phenolic OH excluding ortho intramolecular Hbond substituents is 1. The molecule has 19 nitrogen and oxygen atoms in total. The van der Waals surface area contributed by atoms with Gasteiger partial charge in [-0.1, -0.05) is 80.6 Å². The number of aryl methyl sites for hydroxylation is 1. The van der Waals surface area contributed by atoms with Gasteiger partial charge in [-0.05, 0) is 76.6 Å². The fourth-order valence-electron chi connectivity index (χ4n) is 12.1. The molecule has 21 heteroatoms. The molecule has 2 bridgehead atoms. The fraction of sp³-hybridized carbons (Fsp3) is 0.377. The molecule has 4 fully saturated rings. The first-order valence-corrected chi connectivity index (χ1v) is 28.0. The topological polar surface area (TPSA) is 235 Å². The Labute approximate surface area is 471 Å². The summed E-state index contributed by atoms with van der Waals surface area (Å²) in [5.74, 6) is -1.19. The number of phenols is 1. The molecule has 12 rings (SSSR count). The van der Waals surface area contributed by atoms with Crippen LogP contribution < -0.4 is 25.0 Å². The molecule has 2 amide bonds. The van der Waals surface area contributed by atoms with Gasteiger partial charge in [-0.25, -0.2) is 13.5 Å². The molecule has 424 valence electrons. The molecule has 0 spiro atoms. The van der Waals surface area contributed by atoms with Gasteiger partial charge >= 0.3 is 6.01 Å². The number of hydrogen-bond acceptors (Lipinski definition) is 16. The Kier molecular flexibility index (Phi) is 15.2. The van der Waals surface area contributed by atoms with Crippen molar-refractivity contribution >= 4 is 39.3 Å². The van der Waals surface area contributed by atoms with Crippen molar-refractivity contribution in [2.45, 2.75) is 102 Å². The summed E-state index contributed by atoms with van der Waals surface area (Å²) < 4.78 is 50.7. The van der Waals surface area contributed by atoms with Crippen LogP contribution in [0.15, 0.2) is 104 Å². The zero-order valence-corrected chi connectivity index (χ0v) is 45.6. The maximum absolute atomic E-state index is 15.7. The molecule has 0 aliphatic carbocycles. The largest absolute Gasteiger partial charge is 0.508 e. The summed E-state index contributed by atoms with van der Waals surface area (Å²) in [6.07, 6.45) is 6.47. The fourth-order valence-corrected chi connectivity index (χ4v) is 12.1. The van der Waals surface area contributed by atoms with Gasteiger partial charge in [0.1, 0.15) is 70.6 Å². The number of rotatable bonds is 17. The van der Waals surface area contributed by atoms with E-state index in [0.717, 1.165) is 25.1 Å². The summed E-state index contributed by atoms with van der Waals surface area (Å²) in [6.45, 7) is 7.78. The maximum Gasteiger partial charge on any atom is 0.319 e. The van der Waals surface area contributed by atoms with Gasteiger partial charge in [0.2, 0.25) is 11.8 Å². The normalized spacial score (nSPS) is 19.8. The minimum Gasteiger partial charge on any atom is -0.508 e. The molecule has 5 N–H and O–H groups in total. The van der Waals surface area contributed by atoms with Crippen LogP contribution in [0.4, 0.5) is 14.6 Å². The number of ether oxygens (including phenoxy) is 3. The Morgan fingerprint density at radius 2 is 1.72 bits per heavy atom. The van der Waals surface area contributed by atoms with Crippen LogP contribution in [0.2, 0.25) is 0 Å². The number of benzene rings is 4. The van der Waals surface area contributed by atoms with Gasteiger partial charge in [0.25, 0.3) is 0 Å². The molecule has 4 aromatic carbocycles. The summed E-state index contributed by atoms with van der Waals surface area (Å²) in [5.41, 5.74) is 4.95. The number of aromatic nitrogens is 7. The average molecular weight is 1120 g/mol. The van der Waals surface area contributed by atoms with Crippen LogP contribution in [0.5, 0.6) is 17.5 Å². The van der Waals surface area contributed by atoms with Crippen LogP contribution in [0.3, 0.4) is 0 Å². The number of aromatic hydroxyl groups is 1. The molecule has 4 aromatic heterocycles. The van der Waals surface area contributed by atoms with Crippen LogP contribution >= 0.6 is 0 Å². The highest BCUT2D eigenvalue weighted by Gasteiger charge is 2.44. The predicted molar refractivity (Wildman–Crippen MR) is 301 cm³/mol. The van der Waals surface area contributed by atoms with Crippen LogP contribution in [-0.4, -0.2) is 137 Å². The van der Waals surface area contributed by atoms with E-state index >= 15 is 4.39 Å². The van der Waals surface area contributed by atoms with Gasteiger partial charge in [0, 0.05) is 80.1 Å². The van der Waals surface area contributed by atoms with Crippen LogP contribution in [0.25, 0.3) is 55.4 Å². The number of carbonyl (C=O) groups excluding carboxylic acids is 2. The second-order valence-electron chi connectivity index (χ2n) is 21.9. The molecule has 6 atom stereocenters. The van der Waals surface area contributed by atoms with E-state index in [9.17, 15) is 29.3 Å². The Morgan fingerprint density at radius 1 is 0.927 bits per heavy atom. The minimum atomic E-state index is -1.05. The third-order valence-corrected chi connectivity index (χ3v) is 16.2. The minimum absolute atomic E-state index is 0.0138. The van der Waals surface area contributed by atoms with Gasteiger partial charge < -0.3 is 50.0 Å². The lowest BCUT2D eigenvalue weighted by Gasteiger charge is -2.30. The maximum atomic E-state index is 15.7. The number of carbonyl (C=O) groups is 2. The van der Waals surface area contributed by atoms with Crippen molar-refractivity contribution < 1.29 is 47.9 Å². The smallest absolute Gasteiger partial charge is 0.319 e. The first kappa shape index (κ1) is 54.4. The number of halogens is 2. The molecule has 8 heterocycles. The molecular weight excluding hydrogens is 1050 g/mol. The van der Waals surface area contributed by atoms with E-state index in [0.29, 0.717) is 111 Å². The van der Waals surface area contributed by atoms with E-state index in [-0.39, 0.29) is 60.9 Å². The van der Waals surface area contributed by atoms with Gasteiger partial charge in [-0.3, -0.25) is 19.6 Å². The van der Waals surface area contributed by atoms with Gasteiger partial charge in [0.15, 0.2) is 5.75 Å². The number of aliphatic hydroxyl groups is 2. The number of aliphatic hydroxyl groups excluding tert-OH is 2. The summed E-state index contributed by atoms with van der Waals surface area (Å²) in [7, 11) is 0. The third kappa shape index (κ3) is 10.6. The number of likely N-dealkylation sites (tertiary alicyclic amines) is 1. The Morgan fingerprint density at radius 3 is 2.44 bits per heavy atom. The van der Waals surface area contributed by atoms with Gasteiger partial charge in [-0.15, -0.1) is 5.10 Å². The second kappa shape index (κ2) is 23.0. The number of hydrogen-bond donors (Lipinski definition) is 5. The molecule has 0 unspecified atom stereocenters. The monoisotopic (exact) mass is 1120 g/mol. The van der Waals surface area contributed by atoms with Gasteiger partial charge in [-0.2, -0.15) is 9.97 Å². The lowest BCUT2D eigenvalue weighted by Crippen LogP contribution is -2.50. The van der Waals surface area contributed by atoms with Crippen molar-refractivity contribution in [3.8, 4) is 51.3 Å². The van der Waals surface area contributed by atoms with Gasteiger partial charge in [0.05, 0.1) is 43.5 Å². The number of amides is 2. The van der Waals surface area contributed by atoms with E-state index in [4.69, 9.17) is 29.2 Å². The zero-order valence-electron chi connectivity index (χ0n) is 45.6. The number of pyridine rings is 2. The number of anilines is 1. The van der Waals surface area contributed by atoms with Crippen LogP contribution in [0, 0.1) is 17.6 Å². The summed E-state index contributed by atoms with van der Waals surface area (Å²) in [6, 6.07) is 21.2. The first-order valence-electron chi connectivity index (χ1n) is 28.0. The summed E-state index contributed by atoms with van der Waals surface area (Å²) >= 11 is 0. The highest BCUT2D eigenvalue weighted by atomic mass is 19.1. The van der Waals surface area contributed by atoms with E-state index < -0.39 is 48.5 Å². The predicted octanol–water partition coefficient (Wildman–Crippen LogP) is 7.41. The second-order valence-corrected chi connectivity index (χ2v) is 21.9. The lowest BCUT2D eigenvalue weighted by atomic mass is 9.94. The molecular formula is C61H63F2N11O8. The van der Waals surface area contributed by atoms with Crippen LogP contribution in [-0.2, 0) is 27.4 Å². The van der Waals surface area contributed by atoms with Crippen molar-refractivity contribution in [2.75, 3.05) is 44.4 Å². The summed E-state index contributed by atoms with van der Waals surface area (Å²) in [4.78, 5) is 51.6. The molecule has 82 heavy (non-hydrogen) atoms. The number of nitrogens with one attached hydrogen (secondary N) is 2. The number of piperazine rings is 1. The van der Waals surface area contributed by atoms with Crippen molar-refractivity contribution in [2.24, 2.45) is 5.92 Å². The number of β-amino-alcohol motifs (C(OH)–C–C–N with tert-alkyl or cyclic N) is 1. The number of nitrogens with zero attached hydrogens (tertiary/aromatic N) is 9. The third-order valence-electron chi connectivity index (χ3n) is 16.2. The molecule has 4 aliphatic heterocycles. The lowest BCUT2D eigenvalue weighted by molar-refractivity contribution is -0.142. The highest BCUT2D eigenvalue weighted by Crippen LogP contribution is 2.45. The van der Waals surface area contributed by atoms with E-state index in [2.05, 4.69) is 30.8 Å². The van der Waals surface area contributed by atoms with Crippen molar-refractivity contribution in [1.29, 1.82) is 0 Å². The van der Waals surface area contributed by atoms with Crippen LogP contribution in [0.1, 0.15) is 75.2 Å². The Bertz CT molecular complexity index is 3680. The molecule has 0 radical (unpaired) electrons. The molecule has 4 saturated heterocycles. The van der Waals surface area contributed by atoms with Crippen molar-refractivity contribution in [1.82, 2.24) is 50.5 Å². The van der Waals surface area contributed by atoms with E-state index in [1.807, 2.05) is 45.0 Å². The van der Waals surface area contributed by atoms with Crippen molar-refractivity contribution in [3.05, 3.63) is 132 Å². The SMILES string of the molecule is CCc1c(F)ccc2cc(O)cc(-c3ncc4c(N5C[C@@H]6C[C@H]5CN6)nc(OC5CCOCC5)nc4c3OCc3ccc(-c4cn([C@H](C(=O)N5C[C@H](O)C[C@H]5C(=O)N[C@@H](CO)c5ccc(-c6ncccc6F)cc5)C(C)C)nn4)cc3)c12. The average Bonchev–Trinajstić information content (AvgIpc) is 3.68. The Balaban J connectivity index is 0.815. The van der Waals surface area contributed by atoms with E-state index in [1.54, 1.807) is 54.9 Å². The molecule has 8 aromatic rings. The zero-order chi connectivity index (χ0) is 56.8. The summed E-state index contributed by atoms with van der Waals surface area (Å²) in [5, 5.41) is 49.7. The Hall–Kier alpha value is -8.24. The first-order chi connectivity index (χ1) is 39.8. The molecule has 4 aliphatic rings. The number of fused-ring (bicyclic) bond motifs is 4. The standard InChI is InChI=1S/C61H63F2N11O8/c1-4-44-47(62)16-15-38-22-41(76)24-45(52(38)44)54-57(55-46(27-66-54)58(72-28-39-23-40(72)26-65-39)69-61(68-55)82-43-17-20-80-21-18-43)81-32-34-7-9-35(10-8-34)49-30-74(71-70-49)56(33(2)3)60(79)73-29-42(77)25-51(73)59(78)67-50(31-75)36-11-13-37(14-12-36)53-48(63)6-5-19-64-53/h5-16,19,22,24,27,30,33,39-40,42-43,50-51,56,65,75-77H,4,17-18,20-21,23,25-26,28-29,31-32H2,1-3H3,(H,67,78)/t39-,40-,42+,50-,51-,56-/m0/s1. The highest BCUT2D eigenvalue weighted by molar-refractivity contribution is 6.04. The van der Waals surface area contributed by atoms with Crippen molar-refractivity contribution in [3.63, 3.8) is 0 Å². The van der Waals surface area contributed by atoms with E-state index in [1.165, 1.54) is 34.0 Å². The molecule has 0 saturated carbocycles.